The second-order valence-electron chi connectivity index (χ2n) is 3.43. The number of benzene rings is 1. The van der Waals surface area contributed by atoms with Gasteiger partial charge in [0.05, 0.1) is 6.04 Å². The highest BCUT2D eigenvalue weighted by Crippen LogP contribution is 2.09. The summed E-state index contributed by atoms with van der Waals surface area (Å²) in [5, 5.41) is 5.14. The smallest absolute Gasteiger partial charge is 0.251 e. The van der Waals surface area contributed by atoms with Crippen LogP contribution >= 0.6 is 0 Å². The van der Waals surface area contributed by atoms with Crippen LogP contribution in [0.5, 0.6) is 0 Å². The Balaban J connectivity index is 2.72. The standard InChI is InChI=1S/C11H15N3O2/c1-7(12)10(15)14-9-5-3-8(4-6-9)11(16)13-2/h3-7H,12H2,1-2H3,(H,13,16)(H,14,15). The Bertz CT molecular complexity index is 385. The van der Waals surface area contributed by atoms with Crippen molar-refractivity contribution in [1.82, 2.24) is 5.32 Å². The molecule has 0 aliphatic heterocycles. The average molecular weight is 221 g/mol. The molecule has 1 rings (SSSR count). The summed E-state index contributed by atoms with van der Waals surface area (Å²) in [6, 6.07) is 6.03. The van der Waals surface area contributed by atoms with Crippen molar-refractivity contribution in [3.8, 4) is 0 Å². The van der Waals surface area contributed by atoms with E-state index in [9.17, 15) is 9.59 Å². The average Bonchev–Trinajstić information content (AvgIpc) is 2.28. The topological polar surface area (TPSA) is 84.2 Å². The SMILES string of the molecule is CNC(=O)c1ccc(NC(=O)C(C)N)cc1. The summed E-state index contributed by atoms with van der Waals surface area (Å²) in [6.07, 6.45) is 0. The lowest BCUT2D eigenvalue weighted by atomic mass is 10.2. The highest BCUT2D eigenvalue weighted by atomic mass is 16.2. The Hall–Kier alpha value is -1.88. The van der Waals surface area contributed by atoms with E-state index >= 15 is 0 Å². The first-order chi connectivity index (χ1) is 7.54. The van der Waals surface area contributed by atoms with Crippen LogP contribution in [0.3, 0.4) is 0 Å². The minimum absolute atomic E-state index is 0.162. The molecule has 0 aliphatic carbocycles. The van der Waals surface area contributed by atoms with Gasteiger partial charge in [0.15, 0.2) is 0 Å². The molecule has 16 heavy (non-hydrogen) atoms. The Morgan fingerprint density at radius 1 is 1.25 bits per heavy atom. The van der Waals surface area contributed by atoms with Crippen LogP contribution in [0.1, 0.15) is 17.3 Å². The summed E-state index contributed by atoms with van der Waals surface area (Å²) in [6.45, 7) is 1.61. The van der Waals surface area contributed by atoms with E-state index in [0.29, 0.717) is 11.3 Å². The predicted molar refractivity (Wildman–Crippen MR) is 62.1 cm³/mol. The molecule has 86 valence electrons. The van der Waals surface area contributed by atoms with Gasteiger partial charge < -0.3 is 16.4 Å². The minimum Gasteiger partial charge on any atom is -0.355 e. The summed E-state index contributed by atoms with van der Waals surface area (Å²) in [7, 11) is 1.56. The van der Waals surface area contributed by atoms with E-state index in [2.05, 4.69) is 10.6 Å². The van der Waals surface area contributed by atoms with Gasteiger partial charge in [0.1, 0.15) is 0 Å². The number of nitrogens with two attached hydrogens (primary N) is 1. The number of amides is 2. The highest BCUT2D eigenvalue weighted by Gasteiger charge is 2.08. The molecule has 1 aromatic carbocycles. The third-order valence-electron chi connectivity index (χ3n) is 2.06. The first-order valence-corrected chi connectivity index (χ1v) is 4.93. The lowest BCUT2D eigenvalue weighted by Crippen LogP contribution is -2.32. The Kier molecular flexibility index (Phi) is 4.02. The second-order valence-corrected chi connectivity index (χ2v) is 3.43. The molecule has 1 unspecified atom stereocenters. The van der Waals surface area contributed by atoms with Gasteiger partial charge in [-0.05, 0) is 31.2 Å². The quantitative estimate of drug-likeness (QED) is 0.687. The molecule has 5 nitrogen and oxygen atoms in total. The molecule has 4 N–H and O–H groups in total. The second kappa shape index (κ2) is 5.27. The maximum atomic E-state index is 11.3. The van der Waals surface area contributed by atoms with Crippen molar-refractivity contribution in [2.45, 2.75) is 13.0 Å². The van der Waals surface area contributed by atoms with Gasteiger partial charge in [-0.1, -0.05) is 0 Å². The molecule has 1 aromatic rings. The van der Waals surface area contributed by atoms with Crippen molar-refractivity contribution in [1.29, 1.82) is 0 Å². The zero-order valence-corrected chi connectivity index (χ0v) is 9.28. The van der Waals surface area contributed by atoms with Crippen molar-refractivity contribution in [3.05, 3.63) is 29.8 Å². The Labute approximate surface area is 94.0 Å². The van der Waals surface area contributed by atoms with Crippen LogP contribution in [0.25, 0.3) is 0 Å². The molecule has 0 radical (unpaired) electrons. The fraction of sp³-hybridized carbons (Fsp3) is 0.273. The Morgan fingerprint density at radius 3 is 2.25 bits per heavy atom. The third kappa shape index (κ3) is 3.06. The number of rotatable bonds is 3. The maximum Gasteiger partial charge on any atom is 0.251 e. The van der Waals surface area contributed by atoms with E-state index in [1.54, 1.807) is 38.2 Å². The zero-order chi connectivity index (χ0) is 12.1. The van der Waals surface area contributed by atoms with Gasteiger partial charge in [-0.15, -0.1) is 0 Å². The van der Waals surface area contributed by atoms with Crippen LogP contribution in [0.2, 0.25) is 0 Å². The zero-order valence-electron chi connectivity index (χ0n) is 9.28. The van der Waals surface area contributed by atoms with Crippen molar-refractivity contribution in [2.75, 3.05) is 12.4 Å². The van der Waals surface area contributed by atoms with Crippen LogP contribution in [-0.4, -0.2) is 24.9 Å². The van der Waals surface area contributed by atoms with Crippen LogP contribution < -0.4 is 16.4 Å². The van der Waals surface area contributed by atoms with E-state index in [-0.39, 0.29) is 11.8 Å². The van der Waals surface area contributed by atoms with Crippen LogP contribution in [0.4, 0.5) is 5.69 Å². The van der Waals surface area contributed by atoms with Gasteiger partial charge in [0, 0.05) is 18.3 Å². The molecule has 0 fully saturated rings. The van der Waals surface area contributed by atoms with Crippen molar-refractivity contribution in [2.24, 2.45) is 5.73 Å². The van der Waals surface area contributed by atoms with E-state index in [4.69, 9.17) is 5.73 Å². The lowest BCUT2D eigenvalue weighted by molar-refractivity contribution is -0.117. The number of hydrogen-bond donors (Lipinski definition) is 3. The largest absolute Gasteiger partial charge is 0.355 e. The molecule has 0 bridgehead atoms. The van der Waals surface area contributed by atoms with Crippen molar-refractivity contribution in [3.63, 3.8) is 0 Å². The lowest BCUT2D eigenvalue weighted by Gasteiger charge is -2.08. The van der Waals surface area contributed by atoms with Gasteiger partial charge in [0.2, 0.25) is 5.91 Å². The summed E-state index contributed by atoms with van der Waals surface area (Å²) in [5.41, 5.74) is 6.57. The summed E-state index contributed by atoms with van der Waals surface area (Å²) < 4.78 is 0. The molecule has 0 saturated heterocycles. The molecular weight excluding hydrogens is 206 g/mol. The highest BCUT2D eigenvalue weighted by molar-refractivity contribution is 5.96. The first kappa shape index (κ1) is 12.2. The molecule has 0 aliphatic rings. The number of carbonyl (C=O) groups is 2. The van der Waals surface area contributed by atoms with Gasteiger partial charge in [-0.2, -0.15) is 0 Å². The Morgan fingerprint density at radius 2 is 1.81 bits per heavy atom. The molecule has 1 atom stereocenters. The maximum absolute atomic E-state index is 11.3. The monoisotopic (exact) mass is 221 g/mol. The number of carbonyl (C=O) groups excluding carboxylic acids is 2. The number of anilines is 1. The van der Waals surface area contributed by atoms with Gasteiger partial charge >= 0.3 is 0 Å². The normalized spacial score (nSPS) is 11.7. The van der Waals surface area contributed by atoms with Gasteiger partial charge in [-0.25, -0.2) is 0 Å². The molecule has 0 aromatic heterocycles. The van der Waals surface area contributed by atoms with Crippen LogP contribution in [0, 0.1) is 0 Å². The van der Waals surface area contributed by atoms with E-state index in [0.717, 1.165) is 0 Å². The van der Waals surface area contributed by atoms with Gasteiger partial charge in [0.25, 0.3) is 5.91 Å². The fourth-order valence-electron chi connectivity index (χ4n) is 1.11. The minimum atomic E-state index is -0.557. The predicted octanol–water partition coefficient (Wildman–Crippen LogP) is 0.332. The first-order valence-electron chi connectivity index (χ1n) is 4.93. The summed E-state index contributed by atoms with van der Waals surface area (Å²) in [5.74, 6) is -0.419. The number of nitrogens with one attached hydrogen (secondary N) is 2. The number of hydrogen-bond acceptors (Lipinski definition) is 3. The van der Waals surface area contributed by atoms with Crippen molar-refractivity contribution >= 4 is 17.5 Å². The van der Waals surface area contributed by atoms with Crippen LogP contribution in [-0.2, 0) is 4.79 Å². The molecule has 2 amide bonds. The van der Waals surface area contributed by atoms with E-state index < -0.39 is 6.04 Å². The summed E-state index contributed by atoms with van der Waals surface area (Å²) >= 11 is 0. The molecule has 5 heteroatoms. The van der Waals surface area contributed by atoms with Crippen molar-refractivity contribution < 1.29 is 9.59 Å². The molecule has 0 heterocycles. The molecular formula is C11H15N3O2. The summed E-state index contributed by atoms with van der Waals surface area (Å²) in [4.78, 5) is 22.5. The fourth-order valence-corrected chi connectivity index (χ4v) is 1.11. The van der Waals surface area contributed by atoms with E-state index in [1.165, 1.54) is 0 Å². The third-order valence-corrected chi connectivity index (χ3v) is 2.06. The molecule has 0 saturated carbocycles. The molecule has 0 spiro atoms. The van der Waals surface area contributed by atoms with Gasteiger partial charge in [-0.3, -0.25) is 9.59 Å². The van der Waals surface area contributed by atoms with Crippen LogP contribution in [0.15, 0.2) is 24.3 Å². The van der Waals surface area contributed by atoms with E-state index in [1.807, 2.05) is 0 Å².